The molecule has 0 bridgehead atoms. The molecule has 4 aromatic rings. The fourth-order valence-electron chi connectivity index (χ4n) is 3.50. The van der Waals surface area contributed by atoms with Crippen LogP contribution in [-0.4, -0.2) is 27.5 Å². The van der Waals surface area contributed by atoms with Crippen LogP contribution in [0.2, 0.25) is 0 Å². The molecule has 0 fully saturated rings. The number of rotatable bonds is 10. The van der Waals surface area contributed by atoms with E-state index in [0.29, 0.717) is 35.1 Å². The van der Waals surface area contributed by atoms with E-state index < -0.39 is 12.1 Å². The van der Waals surface area contributed by atoms with E-state index in [-0.39, 0.29) is 5.78 Å². The number of carboxylic acids is 1. The minimum Gasteiger partial charge on any atom is -0.479 e. The molecule has 1 atom stereocenters. The molecule has 0 spiro atoms. The Morgan fingerprint density at radius 1 is 0.886 bits per heavy atom. The van der Waals surface area contributed by atoms with E-state index in [1.165, 1.54) is 6.92 Å². The lowest BCUT2D eigenvalue weighted by Crippen LogP contribution is -2.22. The van der Waals surface area contributed by atoms with Crippen LogP contribution in [0.15, 0.2) is 103 Å². The van der Waals surface area contributed by atoms with Crippen molar-refractivity contribution < 1.29 is 24.2 Å². The lowest BCUT2D eigenvalue weighted by atomic mass is 10.1. The zero-order valence-corrected chi connectivity index (χ0v) is 19.2. The van der Waals surface area contributed by atoms with Gasteiger partial charge in [0.25, 0.3) is 0 Å². The summed E-state index contributed by atoms with van der Waals surface area (Å²) < 4.78 is 13.2. The highest BCUT2D eigenvalue weighted by Crippen LogP contribution is 2.23. The molecular weight excluding hydrogens is 442 g/mol. The second-order valence-corrected chi connectivity index (χ2v) is 7.89. The standard InChI is InChI=1S/C29H25NO5/c1-21(29(32)33)34-25-14-5-9-22(19-25)10-7-17-30-18-8-16-27(30)28(31)23-11-6-15-26(20-23)35-24-12-3-2-4-13-24/h2-16,18-21H,17H2,1H3,(H,32,33). The Hall–Kier alpha value is -4.58. The number of allylic oxidation sites excluding steroid dienone is 1. The number of para-hydroxylation sites is 1. The molecule has 0 aliphatic heterocycles. The number of hydrogen-bond donors (Lipinski definition) is 1. The number of hydrogen-bond acceptors (Lipinski definition) is 4. The molecule has 1 aromatic heterocycles. The highest BCUT2D eigenvalue weighted by atomic mass is 16.5. The molecule has 176 valence electrons. The van der Waals surface area contributed by atoms with Crippen LogP contribution in [0.1, 0.15) is 28.5 Å². The number of aromatic nitrogens is 1. The summed E-state index contributed by atoms with van der Waals surface area (Å²) >= 11 is 0. The van der Waals surface area contributed by atoms with Gasteiger partial charge in [-0.25, -0.2) is 4.79 Å². The summed E-state index contributed by atoms with van der Waals surface area (Å²) in [5.41, 5.74) is 1.98. The van der Waals surface area contributed by atoms with Crippen molar-refractivity contribution in [1.29, 1.82) is 0 Å². The molecule has 0 saturated heterocycles. The van der Waals surface area contributed by atoms with Gasteiger partial charge in [-0.3, -0.25) is 4.79 Å². The molecule has 0 aliphatic carbocycles. The van der Waals surface area contributed by atoms with Gasteiger partial charge in [0.15, 0.2) is 6.10 Å². The predicted octanol–water partition coefficient (Wildman–Crippen LogP) is 6.08. The van der Waals surface area contributed by atoms with Gasteiger partial charge < -0.3 is 19.1 Å². The Bertz CT molecular complexity index is 1340. The maximum absolute atomic E-state index is 13.2. The van der Waals surface area contributed by atoms with Crippen molar-refractivity contribution in [3.63, 3.8) is 0 Å². The molecule has 6 heteroatoms. The number of carboxylic acid groups (broad SMARTS) is 1. The van der Waals surface area contributed by atoms with Crippen molar-refractivity contribution in [2.24, 2.45) is 0 Å². The van der Waals surface area contributed by atoms with E-state index in [9.17, 15) is 9.59 Å². The summed E-state index contributed by atoms with van der Waals surface area (Å²) in [7, 11) is 0. The first-order valence-electron chi connectivity index (χ1n) is 11.2. The van der Waals surface area contributed by atoms with E-state index in [1.807, 2.05) is 71.4 Å². The van der Waals surface area contributed by atoms with Gasteiger partial charge in [0.2, 0.25) is 5.78 Å². The number of carbonyl (C=O) groups excluding carboxylic acids is 1. The molecule has 0 aliphatic rings. The summed E-state index contributed by atoms with van der Waals surface area (Å²) in [5, 5.41) is 9.02. The molecule has 6 nitrogen and oxygen atoms in total. The SMILES string of the molecule is CC(Oc1cccc(C=CCn2cccc2C(=O)c2cccc(Oc3ccccc3)c2)c1)C(=O)O. The van der Waals surface area contributed by atoms with Crippen molar-refractivity contribution in [1.82, 2.24) is 4.57 Å². The van der Waals surface area contributed by atoms with Crippen LogP contribution in [0.5, 0.6) is 17.2 Å². The Kier molecular flexibility index (Phi) is 7.43. The van der Waals surface area contributed by atoms with Crippen molar-refractivity contribution >= 4 is 17.8 Å². The van der Waals surface area contributed by atoms with Crippen molar-refractivity contribution in [2.75, 3.05) is 0 Å². The lowest BCUT2D eigenvalue weighted by molar-refractivity contribution is -0.144. The van der Waals surface area contributed by atoms with Gasteiger partial charge in [0.05, 0.1) is 5.69 Å². The van der Waals surface area contributed by atoms with Gasteiger partial charge in [-0.2, -0.15) is 0 Å². The number of aliphatic carboxylic acids is 1. The monoisotopic (exact) mass is 467 g/mol. The van der Waals surface area contributed by atoms with Crippen LogP contribution in [0.4, 0.5) is 0 Å². The van der Waals surface area contributed by atoms with E-state index in [4.69, 9.17) is 14.6 Å². The van der Waals surface area contributed by atoms with Crippen LogP contribution in [0.3, 0.4) is 0 Å². The van der Waals surface area contributed by atoms with E-state index in [1.54, 1.807) is 42.5 Å². The second-order valence-electron chi connectivity index (χ2n) is 7.89. The Morgan fingerprint density at radius 3 is 2.43 bits per heavy atom. The molecule has 4 rings (SSSR count). The highest BCUT2D eigenvalue weighted by Gasteiger charge is 2.14. The molecule has 1 heterocycles. The second kappa shape index (κ2) is 11.0. The van der Waals surface area contributed by atoms with Gasteiger partial charge in [0, 0.05) is 18.3 Å². The molecular formula is C29H25NO5. The van der Waals surface area contributed by atoms with Crippen molar-refractivity contribution in [3.8, 4) is 17.2 Å². The van der Waals surface area contributed by atoms with Crippen LogP contribution < -0.4 is 9.47 Å². The number of ketones is 1. The van der Waals surface area contributed by atoms with Crippen molar-refractivity contribution in [2.45, 2.75) is 19.6 Å². The molecule has 0 saturated carbocycles. The molecule has 1 N–H and O–H groups in total. The summed E-state index contributed by atoms with van der Waals surface area (Å²) in [6.07, 6.45) is 4.77. The lowest BCUT2D eigenvalue weighted by Gasteiger charge is -2.10. The normalized spacial score (nSPS) is 11.8. The average molecular weight is 468 g/mol. The van der Waals surface area contributed by atoms with E-state index in [0.717, 1.165) is 5.56 Å². The largest absolute Gasteiger partial charge is 0.479 e. The fourth-order valence-corrected chi connectivity index (χ4v) is 3.50. The third kappa shape index (κ3) is 6.26. The number of ether oxygens (including phenoxy) is 2. The zero-order chi connectivity index (χ0) is 24.6. The number of nitrogens with zero attached hydrogens (tertiary/aromatic N) is 1. The number of benzene rings is 3. The summed E-state index contributed by atoms with van der Waals surface area (Å²) in [4.78, 5) is 24.2. The maximum Gasteiger partial charge on any atom is 0.344 e. The van der Waals surface area contributed by atoms with Crippen LogP contribution in [0.25, 0.3) is 6.08 Å². The first kappa shape index (κ1) is 23.6. The fraction of sp³-hybridized carbons (Fsp3) is 0.103. The first-order chi connectivity index (χ1) is 17.0. The minimum absolute atomic E-state index is 0.0973. The van der Waals surface area contributed by atoms with Crippen LogP contribution in [0, 0.1) is 0 Å². The predicted molar refractivity (Wildman–Crippen MR) is 134 cm³/mol. The highest BCUT2D eigenvalue weighted by molar-refractivity contribution is 6.08. The smallest absolute Gasteiger partial charge is 0.344 e. The molecule has 1 unspecified atom stereocenters. The van der Waals surface area contributed by atoms with Crippen molar-refractivity contribution in [3.05, 3.63) is 120 Å². The first-order valence-corrected chi connectivity index (χ1v) is 11.2. The van der Waals surface area contributed by atoms with E-state index in [2.05, 4.69) is 0 Å². The van der Waals surface area contributed by atoms with E-state index >= 15 is 0 Å². The molecule has 3 aromatic carbocycles. The Balaban J connectivity index is 1.44. The average Bonchev–Trinajstić information content (AvgIpc) is 3.33. The zero-order valence-electron chi connectivity index (χ0n) is 19.2. The maximum atomic E-state index is 13.2. The van der Waals surface area contributed by atoms with Crippen LogP contribution in [-0.2, 0) is 11.3 Å². The van der Waals surface area contributed by atoms with Crippen LogP contribution >= 0.6 is 0 Å². The minimum atomic E-state index is -1.02. The summed E-state index contributed by atoms with van der Waals surface area (Å²) in [6, 6.07) is 27.4. The van der Waals surface area contributed by atoms with Gasteiger partial charge in [0.1, 0.15) is 17.2 Å². The Morgan fingerprint density at radius 2 is 1.63 bits per heavy atom. The van der Waals surface area contributed by atoms with Gasteiger partial charge in [-0.1, -0.05) is 54.6 Å². The van der Waals surface area contributed by atoms with Gasteiger partial charge >= 0.3 is 5.97 Å². The van der Waals surface area contributed by atoms with Gasteiger partial charge in [-0.05, 0) is 61.0 Å². The third-order valence-electron chi connectivity index (χ3n) is 5.27. The molecule has 0 amide bonds. The molecule has 35 heavy (non-hydrogen) atoms. The summed E-state index contributed by atoms with van der Waals surface area (Å²) in [6.45, 7) is 1.98. The topological polar surface area (TPSA) is 77.8 Å². The summed E-state index contributed by atoms with van der Waals surface area (Å²) in [5.74, 6) is 0.668. The van der Waals surface area contributed by atoms with Gasteiger partial charge in [-0.15, -0.1) is 0 Å². The third-order valence-corrected chi connectivity index (χ3v) is 5.27. The number of carbonyl (C=O) groups is 2. The Labute approximate surface area is 203 Å². The quantitative estimate of drug-likeness (QED) is 0.286. The molecule has 0 radical (unpaired) electrons.